The number of carbonyl (C=O) groups is 1. The molecule has 22 heavy (non-hydrogen) atoms. The van der Waals surface area contributed by atoms with Gasteiger partial charge < -0.3 is 4.90 Å². The highest BCUT2D eigenvalue weighted by molar-refractivity contribution is 7.12. The molecule has 6 heteroatoms. The van der Waals surface area contributed by atoms with Crippen molar-refractivity contribution in [3.05, 3.63) is 29.0 Å². The number of hydrogen-bond donors (Lipinski definition) is 0. The Morgan fingerprint density at radius 2 is 2.09 bits per heavy atom. The van der Waals surface area contributed by atoms with Gasteiger partial charge in [-0.2, -0.15) is 5.10 Å². The predicted molar refractivity (Wildman–Crippen MR) is 87.6 cm³/mol. The molecule has 0 aromatic carbocycles. The molecule has 3 heterocycles. The highest BCUT2D eigenvalue weighted by atomic mass is 32.1. The number of likely N-dealkylation sites (tertiary alicyclic amines) is 1. The van der Waals surface area contributed by atoms with Crippen LogP contribution in [0.15, 0.2) is 17.8 Å². The van der Waals surface area contributed by atoms with Crippen LogP contribution in [0, 0.1) is 0 Å². The van der Waals surface area contributed by atoms with Crippen molar-refractivity contribution in [1.29, 1.82) is 0 Å². The van der Waals surface area contributed by atoms with E-state index in [4.69, 9.17) is 0 Å². The zero-order valence-electron chi connectivity index (χ0n) is 13.3. The average molecular weight is 318 g/mol. The molecule has 1 fully saturated rings. The number of rotatable bonds is 3. The van der Waals surface area contributed by atoms with Gasteiger partial charge in [0.15, 0.2) is 0 Å². The van der Waals surface area contributed by atoms with Gasteiger partial charge in [-0.05, 0) is 39.5 Å². The van der Waals surface area contributed by atoms with E-state index < -0.39 is 0 Å². The molecule has 118 valence electrons. The van der Waals surface area contributed by atoms with Crippen molar-refractivity contribution >= 4 is 17.2 Å². The van der Waals surface area contributed by atoms with Crippen LogP contribution in [-0.4, -0.2) is 37.7 Å². The smallest absolute Gasteiger partial charge is 0.257 e. The predicted octanol–water partition coefficient (Wildman–Crippen LogP) is 3.29. The normalized spacial score (nSPS) is 22.0. The Bertz CT molecular complexity index is 653. The fourth-order valence-electron chi connectivity index (χ4n) is 3.07. The van der Waals surface area contributed by atoms with Crippen LogP contribution in [0.4, 0.5) is 0 Å². The molecule has 1 aliphatic heterocycles. The molecule has 5 nitrogen and oxygen atoms in total. The summed E-state index contributed by atoms with van der Waals surface area (Å²) in [5, 5.41) is 7.17. The molecule has 0 radical (unpaired) electrons. The third-order valence-corrected chi connectivity index (χ3v) is 5.23. The molecule has 1 amide bonds. The van der Waals surface area contributed by atoms with E-state index in [1.54, 1.807) is 28.4 Å². The van der Waals surface area contributed by atoms with E-state index in [-0.39, 0.29) is 5.91 Å². The highest BCUT2D eigenvalue weighted by Crippen LogP contribution is 2.25. The fourth-order valence-corrected chi connectivity index (χ4v) is 3.91. The fraction of sp³-hybridized carbons (Fsp3) is 0.562. The average Bonchev–Trinajstić information content (AvgIpc) is 3.15. The van der Waals surface area contributed by atoms with Gasteiger partial charge in [-0.1, -0.05) is 6.92 Å². The largest absolute Gasteiger partial charge is 0.333 e. The number of aryl methyl sites for hydroxylation is 1. The minimum Gasteiger partial charge on any atom is -0.333 e. The van der Waals surface area contributed by atoms with E-state index in [0.29, 0.717) is 17.6 Å². The van der Waals surface area contributed by atoms with E-state index in [9.17, 15) is 4.79 Å². The minimum atomic E-state index is 0.0817. The van der Waals surface area contributed by atoms with Gasteiger partial charge in [-0.3, -0.25) is 4.79 Å². The summed E-state index contributed by atoms with van der Waals surface area (Å²) in [4.78, 5) is 19.3. The molecule has 0 aliphatic carbocycles. The summed E-state index contributed by atoms with van der Waals surface area (Å²) in [5.41, 5.74) is 1.70. The Hall–Kier alpha value is -1.69. The summed E-state index contributed by atoms with van der Waals surface area (Å²) in [5.74, 6) is 0.0817. The van der Waals surface area contributed by atoms with Crippen LogP contribution >= 0.6 is 11.3 Å². The van der Waals surface area contributed by atoms with E-state index in [1.165, 1.54) is 6.42 Å². The summed E-state index contributed by atoms with van der Waals surface area (Å²) < 4.78 is 1.70. The van der Waals surface area contributed by atoms with Crippen LogP contribution in [0.3, 0.4) is 0 Å². The summed E-state index contributed by atoms with van der Waals surface area (Å²) in [6.07, 6.45) is 7.72. The lowest BCUT2D eigenvalue weighted by atomic mass is 9.97. The molecular formula is C16H22N4OS. The van der Waals surface area contributed by atoms with E-state index >= 15 is 0 Å². The van der Waals surface area contributed by atoms with Gasteiger partial charge in [0.25, 0.3) is 5.91 Å². The maximum absolute atomic E-state index is 12.8. The lowest BCUT2D eigenvalue weighted by molar-refractivity contribution is 0.0511. The van der Waals surface area contributed by atoms with Gasteiger partial charge in [0.1, 0.15) is 0 Å². The zero-order valence-corrected chi connectivity index (χ0v) is 14.1. The summed E-state index contributed by atoms with van der Waals surface area (Å²) in [6.45, 7) is 6.34. The molecule has 1 aliphatic rings. The van der Waals surface area contributed by atoms with Crippen LogP contribution in [0.1, 0.15) is 56.1 Å². The Labute approximate surface area is 135 Å². The molecule has 2 atom stereocenters. The second kappa shape index (κ2) is 6.20. The van der Waals surface area contributed by atoms with Crippen molar-refractivity contribution < 1.29 is 4.79 Å². The van der Waals surface area contributed by atoms with Gasteiger partial charge in [0.2, 0.25) is 5.13 Å². The first-order valence-electron chi connectivity index (χ1n) is 7.92. The van der Waals surface area contributed by atoms with Crippen LogP contribution < -0.4 is 0 Å². The monoisotopic (exact) mass is 318 g/mol. The van der Waals surface area contributed by atoms with Gasteiger partial charge in [-0.15, -0.1) is 11.3 Å². The molecule has 3 rings (SSSR count). The van der Waals surface area contributed by atoms with E-state index in [2.05, 4.69) is 30.9 Å². The highest BCUT2D eigenvalue weighted by Gasteiger charge is 2.30. The number of amides is 1. The quantitative estimate of drug-likeness (QED) is 0.872. The van der Waals surface area contributed by atoms with Gasteiger partial charge in [0.05, 0.1) is 17.5 Å². The summed E-state index contributed by atoms with van der Waals surface area (Å²) in [7, 11) is 0. The van der Waals surface area contributed by atoms with Gasteiger partial charge >= 0.3 is 0 Å². The Kier molecular flexibility index (Phi) is 4.29. The van der Waals surface area contributed by atoms with Gasteiger partial charge in [0, 0.05) is 23.7 Å². The second-order valence-electron chi connectivity index (χ2n) is 5.99. The molecule has 2 aromatic rings. The van der Waals surface area contributed by atoms with Crippen LogP contribution in [0.25, 0.3) is 5.13 Å². The molecular weight excluding hydrogens is 296 g/mol. The van der Waals surface area contributed by atoms with Crippen molar-refractivity contribution in [1.82, 2.24) is 19.7 Å². The molecule has 0 spiro atoms. The summed E-state index contributed by atoms with van der Waals surface area (Å²) >= 11 is 1.55. The number of piperidine rings is 1. The number of carbonyl (C=O) groups excluding carboxylic acids is 1. The zero-order chi connectivity index (χ0) is 15.7. The van der Waals surface area contributed by atoms with Crippen molar-refractivity contribution in [2.75, 3.05) is 0 Å². The van der Waals surface area contributed by atoms with Crippen LogP contribution in [-0.2, 0) is 6.42 Å². The van der Waals surface area contributed by atoms with Crippen molar-refractivity contribution in [3.63, 3.8) is 0 Å². The Balaban J connectivity index is 1.82. The molecule has 2 aromatic heterocycles. The number of thiazole rings is 1. The lowest BCUT2D eigenvalue weighted by Crippen LogP contribution is -2.47. The van der Waals surface area contributed by atoms with E-state index in [0.717, 1.165) is 30.1 Å². The maximum atomic E-state index is 12.8. The Morgan fingerprint density at radius 3 is 2.73 bits per heavy atom. The van der Waals surface area contributed by atoms with E-state index in [1.807, 2.05) is 10.3 Å². The lowest BCUT2D eigenvalue weighted by Gasteiger charge is -2.38. The third-order valence-electron chi connectivity index (χ3n) is 4.36. The van der Waals surface area contributed by atoms with Crippen molar-refractivity contribution in [2.24, 2.45) is 0 Å². The standard InChI is InChI=1S/C16H22N4OS/c1-4-14-10-22-16(18-14)19-9-13(8-17-19)15(21)20-11(2)6-5-7-12(20)3/h8-12H,4-7H2,1-3H3/t11-,12+. The molecule has 0 N–H and O–H groups in total. The molecule has 0 saturated carbocycles. The number of nitrogens with zero attached hydrogens (tertiary/aromatic N) is 4. The first-order chi connectivity index (χ1) is 10.6. The third kappa shape index (κ3) is 2.79. The molecule has 1 saturated heterocycles. The number of hydrogen-bond acceptors (Lipinski definition) is 4. The summed E-state index contributed by atoms with van der Waals surface area (Å²) in [6, 6.07) is 0.595. The molecule has 0 unspecified atom stereocenters. The topological polar surface area (TPSA) is 51.0 Å². The SMILES string of the molecule is CCc1csc(-n2cc(C(=O)N3[C@H](C)CCC[C@@H]3C)cn2)n1. The Morgan fingerprint density at radius 1 is 1.36 bits per heavy atom. The van der Waals surface area contributed by atoms with Crippen LogP contribution in [0.2, 0.25) is 0 Å². The first kappa shape index (κ1) is 15.2. The maximum Gasteiger partial charge on any atom is 0.257 e. The van der Waals surface area contributed by atoms with Crippen molar-refractivity contribution in [3.8, 4) is 5.13 Å². The van der Waals surface area contributed by atoms with Crippen molar-refractivity contribution in [2.45, 2.75) is 58.5 Å². The first-order valence-corrected chi connectivity index (χ1v) is 8.80. The van der Waals surface area contributed by atoms with Gasteiger partial charge in [-0.25, -0.2) is 9.67 Å². The molecule has 0 bridgehead atoms. The number of aromatic nitrogens is 3. The second-order valence-corrected chi connectivity index (χ2v) is 6.83. The minimum absolute atomic E-state index is 0.0817. The van der Waals surface area contributed by atoms with Crippen LogP contribution in [0.5, 0.6) is 0 Å².